The lowest BCUT2D eigenvalue weighted by molar-refractivity contribution is -0.136. The zero-order chi connectivity index (χ0) is 15.2. The van der Waals surface area contributed by atoms with Crippen LogP contribution in [0.15, 0.2) is 72.8 Å². The molecule has 0 amide bonds. The fourth-order valence-corrected chi connectivity index (χ4v) is 2.34. The predicted octanol–water partition coefficient (Wildman–Crippen LogP) is 3.23. The molecule has 0 aliphatic heterocycles. The first-order chi connectivity index (χ1) is 10.1. The number of methoxy groups -OCH3 is 1. The first-order valence-electron chi connectivity index (χ1n) is 6.70. The van der Waals surface area contributed by atoms with E-state index in [-0.39, 0.29) is 5.57 Å². The highest BCUT2D eigenvalue weighted by Gasteiger charge is 2.29. The van der Waals surface area contributed by atoms with Crippen molar-refractivity contribution in [1.82, 2.24) is 0 Å². The van der Waals surface area contributed by atoms with Crippen molar-refractivity contribution in [3.05, 3.63) is 83.9 Å². The van der Waals surface area contributed by atoms with Crippen molar-refractivity contribution in [2.24, 2.45) is 0 Å². The highest BCUT2D eigenvalue weighted by molar-refractivity contribution is 5.89. The molecule has 2 aromatic carbocycles. The molecule has 3 nitrogen and oxygen atoms in total. The van der Waals surface area contributed by atoms with Crippen LogP contribution in [0.1, 0.15) is 23.1 Å². The van der Waals surface area contributed by atoms with E-state index >= 15 is 0 Å². The van der Waals surface area contributed by atoms with Crippen molar-refractivity contribution in [2.75, 3.05) is 7.11 Å². The molecule has 21 heavy (non-hydrogen) atoms. The Morgan fingerprint density at radius 3 is 1.95 bits per heavy atom. The van der Waals surface area contributed by atoms with Crippen LogP contribution in [-0.2, 0) is 9.53 Å². The van der Waals surface area contributed by atoms with Crippen LogP contribution in [0.4, 0.5) is 0 Å². The van der Waals surface area contributed by atoms with Crippen LogP contribution in [0.25, 0.3) is 0 Å². The zero-order valence-electron chi connectivity index (χ0n) is 11.9. The first kappa shape index (κ1) is 15.0. The molecule has 1 N–H and O–H groups in total. The quantitative estimate of drug-likeness (QED) is 0.676. The van der Waals surface area contributed by atoms with Crippen LogP contribution in [-0.4, -0.2) is 18.2 Å². The number of hydrogen-bond acceptors (Lipinski definition) is 3. The van der Waals surface area contributed by atoms with E-state index in [0.29, 0.717) is 0 Å². The molecule has 0 heterocycles. The van der Waals surface area contributed by atoms with Crippen molar-refractivity contribution in [2.45, 2.75) is 12.0 Å². The van der Waals surface area contributed by atoms with Gasteiger partial charge in [-0.3, -0.25) is 0 Å². The van der Waals surface area contributed by atoms with Gasteiger partial charge in [0.2, 0.25) is 0 Å². The van der Waals surface area contributed by atoms with E-state index in [1.165, 1.54) is 7.11 Å². The maximum Gasteiger partial charge on any atom is 0.333 e. The van der Waals surface area contributed by atoms with Gasteiger partial charge in [0.1, 0.15) is 0 Å². The van der Waals surface area contributed by atoms with Gasteiger partial charge in [-0.05, 0) is 11.1 Å². The molecular formula is C18H18O3. The summed E-state index contributed by atoms with van der Waals surface area (Å²) in [5.41, 5.74) is 1.79. The van der Waals surface area contributed by atoms with Crippen molar-refractivity contribution in [3.8, 4) is 0 Å². The van der Waals surface area contributed by atoms with Gasteiger partial charge in [-0.1, -0.05) is 67.2 Å². The second kappa shape index (κ2) is 6.86. The SMILES string of the molecule is C=C(C(=O)OC)[C@H](c1ccccc1)[C@H](O)c1ccccc1. The van der Waals surface area contributed by atoms with E-state index in [9.17, 15) is 9.90 Å². The predicted molar refractivity (Wildman–Crippen MR) is 81.7 cm³/mol. The largest absolute Gasteiger partial charge is 0.466 e. The number of carbonyl (C=O) groups excluding carboxylic acids is 1. The summed E-state index contributed by atoms with van der Waals surface area (Å²) in [4.78, 5) is 11.8. The average molecular weight is 282 g/mol. The lowest BCUT2D eigenvalue weighted by atomic mass is 9.84. The Balaban J connectivity index is 2.41. The van der Waals surface area contributed by atoms with Crippen molar-refractivity contribution in [1.29, 1.82) is 0 Å². The van der Waals surface area contributed by atoms with Gasteiger partial charge in [0.25, 0.3) is 0 Å². The van der Waals surface area contributed by atoms with Crippen LogP contribution in [0.3, 0.4) is 0 Å². The summed E-state index contributed by atoms with van der Waals surface area (Å²) in [5, 5.41) is 10.7. The fraction of sp³-hybridized carbons (Fsp3) is 0.167. The zero-order valence-corrected chi connectivity index (χ0v) is 11.9. The monoisotopic (exact) mass is 282 g/mol. The molecule has 2 atom stereocenters. The lowest BCUT2D eigenvalue weighted by Gasteiger charge is -2.24. The number of benzene rings is 2. The van der Waals surface area contributed by atoms with Gasteiger partial charge >= 0.3 is 5.97 Å². The minimum atomic E-state index is -0.861. The Morgan fingerprint density at radius 2 is 1.48 bits per heavy atom. The van der Waals surface area contributed by atoms with Gasteiger partial charge in [-0.15, -0.1) is 0 Å². The average Bonchev–Trinajstić information content (AvgIpc) is 2.56. The molecule has 0 radical (unpaired) electrons. The number of carbonyl (C=O) groups is 1. The normalized spacial score (nSPS) is 13.2. The van der Waals surface area contributed by atoms with Crippen LogP contribution >= 0.6 is 0 Å². The van der Waals surface area contributed by atoms with Crippen molar-refractivity contribution >= 4 is 5.97 Å². The third-order valence-corrected chi connectivity index (χ3v) is 3.44. The maximum absolute atomic E-state index is 11.8. The summed E-state index contributed by atoms with van der Waals surface area (Å²) in [7, 11) is 1.31. The standard InChI is InChI=1S/C18H18O3/c1-13(18(20)21-2)16(14-9-5-3-6-10-14)17(19)15-11-7-4-8-12-15/h3-12,16-17,19H,1H2,2H3/t16-,17-/m1/s1. The minimum Gasteiger partial charge on any atom is -0.466 e. The Bertz CT molecular complexity index is 605. The van der Waals surface area contributed by atoms with E-state index in [2.05, 4.69) is 6.58 Å². The maximum atomic E-state index is 11.8. The Labute approximate surface area is 124 Å². The van der Waals surface area contributed by atoms with Crippen LogP contribution in [0, 0.1) is 0 Å². The summed E-state index contributed by atoms with van der Waals surface area (Å²) >= 11 is 0. The second-order valence-corrected chi connectivity index (χ2v) is 4.76. The molecule has 0 unspecified atom stereocenters. The highest BCUT2D eigenvalue weighted by atomic mass is 16.5. The molecule has 0 spiro atoms. The topological polar surface area (TPSA) is 46.5 Å². The number of esters is 1. The van der Waals surface area contributed by atoms with Crippen LogP contribution < -0.4 is 0 Å². The third kappa shape index (κ3) is 3.38. The number of ether oxygens (including phenoxy) is 1. The number of aliphatic hydroxyl groups is 1. The molecular weight excluding hydrogens is 264 g/mol. The number of hydrogen-bond donors (Lipinski definition) is 1. The fourth-order valence-electron chi connectivity index (χ4n) is 2.34. The summed E-state index contributed by atoms with van der Waals surface area (Å²) in [6.07, 6.45) is -0.861. The van der Waals surface area contributed by atoms with Gasteiger partial charge in [0, 0.05) is 11.5 Å². The molecule has 2 aromatic rings. The smallest absolute Gasteiger partial charge is 0.333 e. The minimum absolute atomic E-state index is 0.236. The van der Waals surface area contributed by atoms with Crippen LogP contribution in [0.2, 0.25) is 0 Å². The molecule has 0 aliphatic carbocycles. The van der Waals surface area contributed by atoms with Gasteiger partial charge in [0.15, 0.2) is 0 Å². The van der Waals surface area contributed by atoms with Gasteiger partial charge in [0.05, 0.1) is 13.2 Å². The number of rotatable bonds is 5. The highest BCUT2D eigenvalue weighted by Crippen LogP contribution is 2.36. The molecule has 108 valence electrons. The van der Waals surface area contributed by atoms with Gasteiger partial charge in [-0.25, -0.2) is 4.79 Å². The Morgan fingerprint density at radius 1 is 1.00 bits per heavy atom. The molecule has 0 fully saturated rings. The lowest BCUT2D eigenvalue weighted by Crippen LogP contribution is -2.19. The summed E-state index contributed by atoms with van der Waals surface area (Å²) in [6.45, 7) is 3.81. The van der Waals surface area contributed by atoms with Crippen LogP contribution in [0.5, 0.6) is 0 Å². The van der Waals surface area contributed by atoms with Gasteiger partial charge in [-0.2, -0.15) is 0 Å². The van der Waals surface area contributed by atoms with E-state index in [1.54, 1.807) is 0 Å². The number of aliphatic hydroxyl groups excluding tert-OH is 1. The van der Waals surface area contributed by atoms with Gasteiger partial charge < -0.3 is 9.84 Å². The van der Waals surface area contributed by atoms with E-state index in [1.807, 2.05) is 60.7 Å². The summed E-state index contributed by atoms with van der Waals surface area (Å²) < 4.78 is 4.75. The first-order valence-corrected chi connectivity index (χ1v) is 6.70. The third-order valence-electron chi connectivity index (χ3n) is 3.44. The van der Waals surface area contributed by atoms with Crippen molar-refractivity contribution < 1.29 is 14.6 Å². The molecule has 0 aromatic heterocycles. The molecule has 2 rings (SSSR count). The van der Waals surface area contributed by atoms with Crippen molar-refractivity contribution in [3.63, 3.8) is 0 Å². The van der Waals surface area contributed by atoms with E-state index < -0.39 is 18.0 Å². The van der Waals surface area contributed by atoms with E-state index in [0.717, 1.165) is 11.1 Å². The van der Waals surface area contributed by atoms with E-state index in [4.69, 9.17) is 4.74 Å². The molecule has 0 aliphatic rings. The molecule has 0 bridgehead atoms. The Hall–Kier alpha value is -2.39. The summed E-state index contributed by atoms with van der Waals surface area (Å²) in [6, 6.07) is 18.6. The molecule has 0 saturated heterocycles. The molecule has 3 heteroatoms. The summed E-state index contributed by atoms with van der Waals surface area (Å²) in [5.74, 6) is -1.06. The Kier molecular flexibility index (Phi) is 4.90. The second-order valence-electron chi connectivity index (χ2n) is 4.76. The molecule has 0 saturated carbocycles.